The predicted molar refractivity (Wildman–Crippen MR) is 75.5 cm³/mol. The third kappa shape index (κ3) is 2.19. The molecule has 0 atom stereocenters. The van der Waals surface area contributed by atoms with Crippen LogP contribution in [0.25, 0.3) is 0 Å². The van der Waals surface area contributed by atoms with Crippen molar-refractivity contribution in [2.45, 2.75) is 32.2 Å². The van der Waals surface area contributed by atoms with Crippen molar-refractivity contribution >= 4 is 11.4 Å². The highest BCUT2D eigenvalue weighted by Gasteiger charge is 2.27. The number of ether oxygens (including phenoxy) is 1. The molecule has 98 valence electrons. The first-order chi connectivity index (χ1) is 8.66. The predicted octanol–water partition coefficient (Wildman–Crippen LogP) is 2.66. The van der Waals surface area contributed by atoms with Crippen LogP contribution in [0.15, 0.2) is 18.2 Å². The van der Waals surface area contributed by atoms with Crippen LogP contribution >= 0.6 is 0 Å². The summed E-state index contributed by atoms with van der Waals surface area (Å²) in [5, 5.41) is 3.66. The molecule has 3 heteroatoms. The van der Waals surface area contributed by atoms with Crippen molar-refractivity contribution in [3.05, 3.63) is 23.8 Å². The Labute approximate surface area is 109 Å². The summed E-state index contributed by atoms with van der Waals surface area (Å²) in [6, 6.07) is 6.63. The lowest BCUT2D eigenvalue weighted by atomic mass is 9.88. The summed E-state index contributed by atoms with van der Waals surface area (Å²) in [5.74, 6) is 0. The molecule has 1 aromatic carbocycles. The van der Waals surface area contributed by atoms with Gasteiger partial charge in [0.2, 0.25) is 0 Å². The van der Waals surface area contributed by atoms with Crippen molar-refractivity contribution < 1.29 is 4.74 Å². The average Bonchev–Trinajstić information content (AvgIpc) is 2.37. The molecule has 2 aliphatic heterocycles. The summed E-state index contributed by atoms with van der Waals surface area (Å²) in [6.45, 7) is 8.28. The zero-order chi connectivity index (χ0) is 12.6. The van der Waals surface area contributed by atoms with Gasteiger partial charge in [0, 0.05) is 30.0 Å². The third-order valence-electron chi connectivity index (χ3n) is 3.98. The fourth-order valence-electron chi connectivity index (χ4n) is 2.92. The van der Waals surface area contributed by atoms with Gasteiger partial charge in [0.1, 0.15) is 0 Å². The van der Waals surface area contributed by atoms with E-state index in [4.69, 9.17) is 4.74 Å². The van der Waals surface area contributed by atoms with Crippen molar-refractivity contribution in [1.82, 2.24) is 0 Å². The summed E-state index contributed by atoms with van der Waals surface area (Å²) >= 11 is 0. The van der Waals surface area contributed by atoms with E-state index in [1.807, 2.05) is 0 Å². The highest BCUT2D eigenvalue weighted by molar-refractivity contribution is 5.69. The molecule has 3 rings (SSSR count). The first-order valence-electron chi connectivity index (χ1n) is 6.88. The van der Waals surface area contributed by atoms with E-state index >= 15 is 0 Å². The van der Waals surface area contributed by atoms with Crippen LogP contribution in [-0.4, -0.2) is 31.8 Å². The molecule has 2 aliphatic rings. The minimum atomic E-state index is 0.219. The lowest BCUT2D eigenvalue weighted by molar-refractivity contribution is 0.122. The average molecular weight is 246 g/mol. The second kappa shape index (κ2) is 4.47. The van der Waals surface area contributed by atoms with E-state index in [0.717, 1.165) is 26.3 Å². The molecule has 1 fully saturated rings. The maximum absolute atomic E-state index is 5.44. The number of morpholine rings is 1. The molecule has 1 aromatic rings. The van der Waals surface area contributed by atoms with Crippen molar-refractivity contribution in [2.75, 3.05) is 36.5 Å². The van der Waals surface area contributed by atoms with Crippen LogP contribution in [0.1, 0.15) is 25.8 Å². The van der Waals surface area contributed by atoms with Gasteiger partial charge in [-0.1, -0.05) is 6.07 Å². The topological polar surface area (TPSA) is 24.5 Å². The fraction of sp³-hybridized carbons (Fsp3) is 0.600. The SMILES string of the molecule is CC1(C)CCc2c(cccc2N2CCOCC2)N1. The lowest BCUT2D eigenvalue weighted by Gasteiger charge is -2.37. The van der Waals surface area contributed by atoms with Crippen LogP contribution in [0.4, 0.5) is 11.4 Å². The van der Waals surface area contributed by atoms with Crippen LogP contribution in [-0.2, 0) is 11.2 Å². The quantitative estimate of drug-likeness (QED) is 0.824. The van der Waals surface area contributed by atoms with Gasteiger partial charge in [-0.25, -0.2) is 0 Å². The van der Waals surface area contributed by atoms with Crippen LogP contribution in [0.2, 0.25) is 0 Å². The molecule has 0 aromatic heterocycles. The van der Waals surface area contributed by atoms with E-state index < -0.39 is 0 Å². The summed E-state index contributed by atoms with van der Waals surface area (Å²) in [6.07, 6.45) is 2.37. The van der Waals surface area contributed by atoms with E-state index in [1.54, 1.807) is 0 Å². The molecular formula is C15H22N2O. The zero-order valence-corrected chi connectivity index (χ0v) is 11.3. The molecule has 0 amide bonds. The Morgan fingerprint density at radius 2 is 2.00 bits per heavy atom. The number of rotatable bonds is 1. The standard InChI is InChI=1S/C15H22N2O/c1-15(2)7-6-12-13(16-15)4-3-5-14(12)17-8-10-18-11-9-17/h3-5,16H,6-11H2,1-2H3. The van der Waals surface area contributed by atoms with Crippen molar-refractivity contribution in [3.8, 4) is 0 Å². The first-order valence-corrected chi connectivity index (χ1v) is 6.88. The van der Waals surface area contributed by atoms with Crippen LogP contribution in [0, 0.1) is 0 Å². The number of fused-ring (bicyclic) bond motifs is 1. The minimum Gasteiger partial charge on any atom is -0.380 e. The molecular weight excluding hydrogens is 224 g/mol. The Morgan fingerprint density at radius 3 is 2.78 bits per heavy atom. The van der Waals surface area contributed by atoms with E-state index in [1.165, 1.54) is 29.8 Å². The smallest absolute Gasteiger partial charge is 0.0642 e. The molecule has 0 unspecified atom stereocenters. The monoisotopic (exact) mass is 246 g/mol. The second-order valence-electron chi connectivity index (χ2n) is 5.91. The number of nitrogens with one attached hydrogen (secondary N) is 1. The largest absolute Gasteiger partial charge is 0.380 e. The van der Waals surface area contributed by atoms with Crippen molar-refractivity contribution in [3.63, 3.8) is 0 Å². The van der Waals surface area contributed by atoms with Gasteiger partial charge in [0.25, 0.3) is 0 Å². The van der Waals surface area contributed by atoms with Gasteiger partial charge in [-0.3, -0.25) is 0 Å². The van der Waals surface area contributed by atoms with E-state index in [0.29, 0.717) is 0 Å². The third-order valence-corrected chi connectivity index (χ3v) is 3.98. The molecule has 18 heavy (non-hydrogen) atoms. The number of hydrogen-bond acceptors (Lipinski definition) is 3. The number of benzene rings is 1. The summed E-state index contributed by atoms with van der Waals surface area (Å²) in [4.78, 5) is 2.46. The summed E-state index contributed by atoms with van der Waals surface area (Å²) < 4.78 is 5.44. The summed E-state index contributed by atoms with van der Waals surface area (Å²) in [5.41, 5.74) is 4.42. The highest BCUT2D eigenvalue weighted by atomic mass is 16.5. The summed E-state index contributed by atoms with van der Waals surface area (Å²) in [7, 11) is 0. The minimum absolute atomic E-state index is 0.219. The zero-order valence-electron chi connectivity index (χ0n) is 11.3. The number of anilines is 2. The van der Waals surface area contributed by atoms with Gasteiger partial charge in [-0.05, 0) is 44.4 Å². The van der Waals surface area contributed by atoms with Crippen molar-refractivity contribution in [2.24, 2.45) is 0 Å². The van der Waals surface area contributed by atoms with E-state index in [-0.39, 0.29) is 5.54 Å². The van der Waals surface area contributed by atoms with Crippen LogP contribution in [0.5, 0.6) is 0 Å². The molecule has 1 saturated heterocycles. The van der Waals surface area contributed by atoms with Gasteiger partial charge >= 0.3 is 0 Å². The Balaban J connectivity index is 1.92. The number of hydrogen-bond donors (Lipinski definition) is 1. The van der Waals surface area contributed by atoms with Gasteiger partial charge in [0.05, 0.1) is 13.2 Å². The fourth-order valence-corrected chi connectivity index (χ4v) is 2.92. The molecule has 0 spiro atoms. The normalized spacial score (nSPS) is 22.2. The molecule has 0 bridgehead atoms. The molecule has 3 nitrogen and oxygen atoms in total. The van der Waals surface area contributed by atoms with Crippen LogP contribution < -0.4 is 10.2 Å². The Kier molecular flexibility index (Phi) is 2.94. The Bertz CT molecular complexity index is 436. The molecule has 0 aliphatic carbocycles. The lowest BCUT2D eigenvalue weighted by Crippen LogP contribution is -2.39. The number of nitrogens with zero attached hydrogens (tertiary/aromatic N) is 1. The Hall–Kier alpha value is -1.22. The van der Waals surface area contributed by atoms with Crippen molar-refractivity contribution in [1.29, 1.82) is 0 Å². The Morgan fingerprint density at radius 1 is 1.22 bits per heavy atom. The highest BCUT2D eigenvalue weighted by Crippen LogP contribution is 2.36. The maximum atomic E-state index is 5.44. The molecule has 1 N–H and O–H groups in total. The second-order valence-corrected chi connectivity index (χ2v) is 5.91. The molecule has 0 radical (unpaired) electrons. The van der Waals surface area contributed by atoms with Gasteiger partial charge in [-0.15, -0.1) is 0 Å². The van der Waals surface area contributed by atoms with Gasteiger partial charge in [0.15, 0.2) is 0 Å². The van der Waals surface area contributed by atoms with E-state index in [9.17, 15) is 0 Å². The van der Waals surface area contributed by atoms with Gasteiger partial charge < -0.3 is 15.0 Å². The molecule has 0 saturated carbocycles. The first kappa shape index (κ1) is 11.8. The van der Waals surface area contributed by atoms with Gasteiger partial charge in [-0.2, -0.15) is 0 Å². The molecule has 2 heterocycles. The maximum Gasteiger partial charge on any atom is 0.0642 e. The van der Waals surface area contributed by atoms with E-state index in [2.05, 4.69) is 42.3 Å². The van der Waals surface area contributed by atoms with Crippen LogP contribution in [0.3, 0.4) is 0 Å².